The maximum Gasteiger partial charge on any atom is 0.344 e. The van der Waals surface area contributed by atoms with Crippen LogP contribution in [-0.2, 0) is 14.3 Å². The molecule has 8 heteroatoms. The summed E-state index contributed by atoms with van der Waals surface area (Å²) < 4.78 is 23.2. The predicted octanol–water partition coefficient (Wildman–Crippen LogP) is 4.31. The fourth-order valence-electron chi connectivity index (χ4n) is 2.22. The van der Waals surface area contributed by atoms with Crippen molar-refractivity contribution >= 4 is 40.8 Å². The molecule has 0 radical (unpaired) electrons. The number of anilines is 1. The molecule has 0 saturated carbocycles. The number of esters is 1. The minimum atomic E-state index is -0.709. The van der Waals surface area contributed by atoms with Crippen molar-refractivity contribution in [2.75, 3.05) is 18.5 Å². The molecule has 1 amide bonds. The van der Waals surface area contributed by atoms with E-state index in [1.165, 1.54) is 6.07 Å². The third kappa shape index (κ3) is 5.61. The summed E-state index contributed by atoms with van der Waals surface area (Å²) in [6, 6.07) is 6.96. The predicted molar refractivity (Wildman–Crippen MR) is 97.4 cm³/mol. The van der Waals surface area contributed by atoms with Crippen LogP contribution in [-0.4, -0.2) is 25.1 Å². The number of benzene rings is 2. The van der Waals surface area contributed by atoms with Crippen LogP contribution in [0.2, 0.25) is 10.0 Å². The zero-order valence-electron chi connectivity index (χ0n) is 14.1. The normalized spacial score (nSPS) is 10.3. The lowest BCUT2D eigenvalue weighted by Gasteiger charge is -2.12. The van der Waals surface area contributed by atoms with Gasteiger partial charge in [-0.1, -0.05) is 23.2 Å². The Morgan fingerprint density at radius 2 is 1.73 bits per heavy atom. The van der Waals surface area contributed by atoms with Crippen LogP contribution in [0.25, 0.3) is 0 Å². The van der Waals surface area contributed by atoms with Crippen LogP contribution in [0, 0.1) is 19.7 Å². The number of amides is 1. The standard InChI is InChI=1S/C18H16Cl2FNO4/c1-10-5-12(19)6-11(2)18(10)26-9-17(24)25-8-16(23)22-15-4-3-13(21)7-14(15)20/h3-7H,8-9H2,1-2H3,(H,22,23). The molecule has 2 aromatic rings. The molecule has 2 aromatic carbocycles. The van der Waals surface area contributed by atoms with E-state index in [9.17, 15) is 14.0 Å². The van der Waals surface area contributed by atoms with Crippen molar-refractivity contribution in [3.05, 3.63) is 57.3 Å². The Labute approximate surface area is 160 Å². The minimum absolute atomic E-state index is 0.0432. The van der Waals surface area contributed by atoms with E-state index in [1.54, 1.807) is 26.0 Å². The second-order valence-electron chi connectivity index (χ2n) is 5.49. The van der Waals surface area contributed by atoms with Gasteiger partial charge in [-0.15, -0.1) is 0 Å². The summed E-state index contributed by atoms with van der Waals surface area (Å²) in [5.41, 5.74) is 1.79. The summed E-state index contributed by atoms with van der Waals surface area (Å²) >= 11 is 11.7. The molecule has 0 bridgehead atoms. The zero-order valence-corrected chi connectivity index (χ0v) is 15.6. The number of ether oxygens (including phenoxy) is 2. The van der Waals surface area contributed by atoms with E-state index in [4.69, 9.17) is 32.7 Å². The molecule has 0 atom stereocenters. The molecule has 138 valence electrons. The molecule has 0 unspecified atom stereocenters. The van der Waals surface area contributed by atoms with Gasteiger partial charge in [0.05, 0.1) is 10.7 Å². The molecule has 0 spiro atoms. The molecule has 2 rings (SSSR count). The molecule has 0 aromatic heterocycles. The van der Waals surface area contributed by atoms with E-state index in [0.29, 0.717) is 10.8 Å². The Hall–Kier alpha value is -2.31. The Balaban J connectivity index is 1.82. The van der Waals surface area contributed by atoms with E-state index < -0.39 is 24.3 Å². The van der Waals surface area contributed by atoms with Crippen LogP contribution in [0.15, 0.2) is 30.3 Å². The highest BCUT2D eigenvalue weighted by Crippen LogP contribution is 2.27. The van der Waals surface area contributed by atoms with Gasteiger partial charge in [0.1, 0.15) is 11.6 Å². The molecule has 5 nitrogen and oxygen atoms in total. The number of hydrogen-bond donors (Lipinski definition) is 1. The van der Waals surface area contributed by atoms with Crippen molar-refractivity contribution in [1.82, 2.24) is 0 Å². The maximum atomic E-state index is 13.0. The number of nitrogens with one attached hydrogen (secondary N) is 1. The first kappa shape index (κ1) is 20.0. The second-order valence-corrected chi connectivity index (χ2v) is 6.33. The molecule has 0 saturated heterocycles. The molecular formula is C18H16Cl2FNO4. The van der Waals surface area contributed by atoms with Crippen LogP contribution >= 0.6 is 23.2 Å². The second kappa shape index (κ2) is 8.87. The first-order chi connectivity index (χ1) is 12.3. The van der Waals surface area contributed by atoms with Gasteiger partial charge in [-0.2, -0.15) is 0 Å². The van der Waals surface area contributed by atoms with Crippen molar-refractivity contribution in [1.29, 1.82) is 0 Å². The number of hydrogen-bond acceptors (Lipinski definition) is 4. The van der Waals surface area contributed by atoms with Crippen LogP contribution in [0.5, 0.6) is 5.75 Å². The van der Waals surface area contributed by atoms with Crippen molar-refractivity contribution in [2.24, 2.45) is 0 Å². The monoisotopic (exact) mass is 399 g/mol. The zero-order chi connectivity index (χ0) is 19.3. The number of halogens is 3. The minimum Gasteiger partial charge on any atom is -0.481 e. The highest BCUT2D eigenvalue weighted by Gasteiger charge is 2.12. The molecule has 0 fully saturated rings. The van der Waals surface area contributed by atoms with Gasteiger partial charge in [0.2, 0.25) is 0 Å². The Bertz CT molecular complexity index is 819. The van der Waals surface area contributed by atoms with Gasteiger partial charge in [-0.05, 0) is 55.3 Å². The maximum absolute atomic E-state index is 13.0. The Morgan fingerprint density at radius 3 is 2.35 bits per heavy atom. The first-order valence-corrected chi connectivity index (χ1v) is 8.32. The third-order valence-corrected chi connectivity index (χ3v) is 3.86. The summed E-state index contributed by atoms with van der Waals surface area (Å²) in [5.74, 6) is -1.30. The van der Waals surface area contributed by atoms with Gasteiger partial charge in [0.25, 0.3) is 5.91 Å². The van der Waals surface area contributed by atoms with Crippen LogP contribution < -0.4 is 10.1 Å². The highest BCUT2D eigenvalue weighted by molar-refractivity contribution is 6.33. The topological polar surface area (TPSA) is 64.6 Å². The summed E-state index contributed by atoms with van der Waals surface area (Å²) in [5, 5.41) is 3.04. The highest BCUT2D eigenvalue weighted by atomic mass is 35.5. The first-order valence-electron chi connectivity index (χ1n) is 7.56. The van der Waals surface area contributed by atoms with Gasteiger partial charge in [-0.25, -0.2) is 9.18 Å². The van der Waals surface area contributed by atoms with E-state index in [1.807, 2.05) is 0 Å². The lowest BCUT2D eigenvalue weighted by Crippen LogP contribution is -2.24. The molecule has 0 aliphatic rings. The van der Waals surface area contributed by atoms with Crippen molar-refractivity contribution in [3.63, 3.8) is 0 Å². The quantitative estimate of drug-likeness (QED) is 0.734. The summed E-state index contributed by atoms with van der Waals surface area (Å²) in [6.07, 6.45) is 0. The fraction of sp³-hybridized carbons (Fsp3) is 0.222. The van der Waals surface area contributed by atoms with Gasteiger partial charge in [-0.3, -0.25) is 4.79 Å². The molecule has 1 N–H and O–H groups in total. The van der Waals surface area contributed by atoms with Crippen molar-refractivity contribution < 1.29 is 23.5 Å². The van der Waals surface area contributed by atoms with E-state index in [-0.39, 0.29) is 17.3 Å². The molecule has 26 heavy (non-hydrogen) atoms. The largest absolute Gasteiger partial charge is 0.481 e. The molecule has 0 heterocycles. The average molecular weight is 400 g/mol. The van der Waals surface area contributed by atoms with E-state index in [2.05, 4.69) is 5.32 Å². The van der Waals surface area contributed by atoms with E-state index in [0.717, 1.165) is 23.3 Å². The van der Waals surface area contributed by atoms with Gasteiger partial charge in [0, 0.05) is 5.02 Å². The van der Waals surface area contributed by atoms with Crippen LogP contribution in [0.3, 0.4) is 0 Å². The fourth-order valence-corrected chi connectivity index (χ4v) is 2.76. The lowest BCUT2D eigenvalue weighted by atomic mass is 10.1. The van der Waals surface area contributed by atoms with Gasteiger partial charge >= 0.3 is 5.97 Å². The van der Waals surface area contributed by atoms with Crippen LogP contribution in [0.4, 0.5) is 10.1 Å². The number of rotatable bonds is 6. The average Bonchev–Trinajstić information content (AvgIpc) is 2.54. The van der Waals surface area contributed by atoms with Crippen LogP contribution in [0.1, 0.15) is 11.1 Å². The van der Waals surface area contributed by atoms with Gasteiger partial charge < -0.3 is 14.8 Å². The molecule has 0 aliphatic carbocycles. The summed E-state index contributed by atoms with van der Waals surface area (Å²) in [6.45, 7) is 2.74. The summed E-state index contributed by atoms with van der Waals surface area (Å²) in [4.78, 5) is 23.5. The lowest BCUT2D eigenvalue weighted by molar-refractivity contribution is -0.149. The number of carbonyl (C=O) groups is 2. The number of carbonyl (C=O) groups excluding carboxylic acids is 2. The van der Waals surface area contributed by atoms with Gasteiger partial charge in [0.15, 0.2) is 13.2 Å². The smallest absolute Gasteiger partial charge is 0.344 e. The van der Waals surface area contributed by atoms with Crippen molar-refractivity contribution in [2.45, 2.75) is 13.8 Å². The summed E-state index contributed by atoms with van der Waals surface area (Å²) in [7, 11) is 0. The van der Waals surface area contributed by atoms with E-state index >= 15 is 0 Å². The number of aryl methyl sites for hydroxylation is 2. The SMILES string of the molecule is Cc1cc(Cl)cc(C)c1OCC(=O)OCC(=O)Nc1ccc(F)cc1Cl. The molecular weight excluding hydrogens is 384 g/mol. The third-order valence-electron chi connectivity index (χ3n) is 3.33. The Morgan fingerprint density at radius 1 is 1.08 bits per heavy atom. The Kier molecular flexibility index (Phi) is 6.83. The molecule has 0 aliphatic heterocycles. The van der Waals surface area contributed by atoms with Crippen molar-refractivity contribution in [3.8, 4) is 5.75 Å².